The van der Waals surface area contributed by atoms with E-state index in [0.29, 0.717) is 23.6 Å². The maximum atomic E-state index is 13.0. The Hall–Kier alpha value is -1.77. The Morgan fingerprint density at radius 1 is 1.31 bits per heavy atom. The summed E-state index contributed by atoms with van der Waals surface area (Å²) in [6, 6.07) is 9.22. The second kappa shape index (κ2) is 7.46. The van der Waals surface area contributed by atoms with Crippen LogP contribution in [0.4, 0.5) is 4.39 Å². The number of hydrogen-bond donors (Lipinski definition) is 1. The van der Waals surface area contributed by atoms with Gasteiger partial charge in [0.15, 0.2) is 0 Å². The van der Waals surface area contributed by atoms with Crippen molar-refractivity contribution in [2.24, 2.45) is 5.41 Å². The minimum absolute atomic E-state index is 0.155. The van der Waals surface area contributed by atoms with Gasteiger partial charge in [-0.25, -0.2) is 12.8 Å². The lowest BCUT2D eigenvalue weighted by Crippen LogP contribution is -2.51. The third kappa shape index (κ3) is 3.97. The number of carbonyl (C=O) groups excluding carboxylic acids is 1. The van der Waals surface area contributed by atoms with Gasteiger partial charge in [0.2, 0.25) is 5.91 Å². The molecule has 1 aromatic heterocycles. The molecule has 1 N–H and O–H groups in total. The number of benzene rings is 1. The van der Waals surface area contributed by atoms with E-state index >= 15 is 0 Å². The number of nitrogens with one attached hydrogen (secondary N) is 1. The average Bonchev–Trinajstić information content (AvgIpc) is 3.16. The quantitative estimate of drug-likeness (QED) is 0.845. The fourth-order valence-electron chi connectivity index (χ4n) is 3.12. The molecule has 1 saturated heterocycles. The van der Waals surface area contributed by atoms with Gasteiger partial charge in [-0.2, -0.15) is 4.31 Å². The summed E-state index contributed by atoms with van der Waals surface area (Å²) in [4.78, 5) is 12.7. The number of piperidine rings is 1. The number of halogens is 1. The van der Waals surface area contributed by atoms with E-state index in [9.17, 15) is 17.6 Å². The molecule has 8 heteroatoms. The zero-order valence-corrected chi connectivity index (χ0v) is 16.1. The van der Waals surface area contributed by atoms with E-state index in [2.05, 4.69) is 5.32 Å². The van der Waals surface area contributed by atoms with Crippen LogP contribution in [0.5, 0.6) is 0 Å². The van der Waals surface area contributed by atoms with Gasteiger partial charge in [0.05, 0.1) is 5.41 Å². The van der Waals surface area contributed by atoms with Gasteiger partial charge in [-0.1, -0.05) is 18.2 Å². The molecule has 1 fully saturated rings. The Kier molecular flexibility index (Phi) is 5.45. The molecule has 26 heavy (non-hydrogen) atoms. The first-order chi connectivity index (χ1) is 12.3. The second-order valence-corrected chi connectivity index (χ2v) is 9.86. The molecule has 0 unspecified atom stereocenters. The predicted octanol–water partition coefficient (Wildman–Crippen LogP) is 2.99. The lowest BCUT2D eigenvalue weighted by atomic mass is 9.82. The number of carbonyl (C=O) groups is 1. The van der Waals surface area contributed by atoms with Crippen molar-refractivity contribution in [3.8, 4) is 0 Å². The normalized spacial score (nSPS) is 21.5. The van der Waals surface area contributed by atoms with Crippen LogP contribution >= 0.6 is 11.3 Å². The van der Waals surface area contributed by atoms with Crippen LogP contribution in [-0.2, 0) is 21.4 Å². The van der Waals surface area contributed by atoms with Crippen molar-refractivity contribution in [2.75, 3.05) is 13.1 Å². The highest BCUT2D eigenvalue weighted by Gasteiger charge is 2.42. The molecule has 0 radical (unpaired) electrons. The molecule has 1 aliphatic heterocycles. The Morgan fingerprint density at radius 2 is 2.04 bits per heavy atom. The van der Waals surface area contributed by atoms with Crippen molar-refractivity contribution < 1.29 is 17.6 Å². The van der Waals surface area contributed by atoms with Crippen molar-refractivity contribution >= 4 is 27.3 Å². The molecule has 3 rings (SSSR count). The number of rotatable bonds is 5. The molecule has 1 amide bonds. The lowest BCUT2D eigenvalue weighted by Gasteiger charge is -2.38. The van der Waals surface area contributed by atoms with E-state index in [4.69, 9.17) is 0 Å². The van der Waals surface area contributed by atoms with Gasteiger partial charge < -0.3 is 5.32 Å². The molecule has 0 spiro atoms. The monoisotopic (exact) mass is 396 g/mol. The molecule has 1 aromatic carbocycles. The van der Waals surface area contributed by atoms with Crippen LogP contribution in [0.15, 0.2) is 46.0 Å². The maximum absolute atomic E-state index is 13.0. The summed E-state index contributed by atoms with van der Waals surface area (Å²) in [6.07, 6.45) is 1.25. The summed E-state index contributed by atoms with van der Waals surface area (Å²) in [7, 11) is -3.56. The molecular weight excluding hydrogens is 375 g/mol. The highest BCUT2D eigenvalue weighted by molar-refractivity contribution is 7.91. The average molecular weight is 397 g/mol. The third-order valence-electron chi connectivity index (χ3n) is 4.67. The first-order valence-corrected chi connectivity index (χ1v) is 10.7. The van der Waals surface area contributed by atoms with Crippen LogP contribution in [0.1, 0.15) is 25.3 Å². The van der Waals surface area contributed by atoms with Gasteiger partial charge in [-0.05, 0) is 48.9 Å². The van der Waals surface area contributed by atoms with E-state index in [-0.39, 0.29) is 24.8 Å². The summed E-state index contributed by atoms with van der Waals surface area (Å²) in [5.41, 5.74) is 0.00465. The Balaban J connectivity index is 1.68. The second-order valence-electron chi connectivity index (χ2n) is 6.74. The minimum Gasteiger partial charge on any atom is -0.352 e. The van der Waals surface area contributed by atoms with Gasteiger partial charge >= 0.3 is 0 Å². The molecule has 1 atom stereocenters. The minimum atomic E-state index is -3.56. The number of hydrogen-bond acceptors (Lipinski definition) is 4. The fourth-order valence-corrected chi connectivity index (χ4v) is 5.87. The smallest absolute Gasteiger partial charge is 0.252 e. The zero-order chi connectivity index (χ0) is 18.8. The molecular formula is C18H21FN2O3S2. The van der Waals surface area contributed by atoms with Crippen LogP contribution in [0, 0.1) is 11.2 Å². The highest BCUT2D eigenvalue weighted by atomic mass is 32.2. The topological polar surface area (TPSA) is 66.5 Å². The van der Waals surface area contributed by atoms with Gasteiger partial charge in [0.25, 0.3) is 10.0 Å². The Bertz CT molecular complexity index is 866. The van der Waals surface area contributed by atoms with Crippen molar-refractivity contribution in [1.29, 1.82) is 0 Å². The SMILES string of the molecule is C[C@]1(C(=O)NCc2ccc(F)cc2)CCCN(S(=O)(=O)c2cccs2)C1. The van der Waals surface area contributed by atoms with Crippen molar-refractivity contribution in [3.63, 3.8) is 0 Å². The predicted molar refractivity (Wildman–Crippen MR) is 98.7 cm³/mol. The van der Waals surface area contributed by atoms with E-state index in [1.54, 1.807) is 36.6 Å². The lowest BCUT2D eigenvalue weighted by molar-refractivity contribution is -0.132. The van der Waals surface area contributed by atoms with Crippen molar-refractivity contribution in [3.05, 3.63) is 53.2 Å². The van der Waals surface area contributed by atoms with E-state index in [0.717, 1.165) is 5.56 Å². The Labute approximate surface area is 156 Å². The molecule has 0 aliphatic carbocycles. The molecule has 0 saturated carbocycles. The largest absolute Gasteiger partial charge is 0.352 e. The van der Waals surface area contributed by atoms with E-state index in [1.165, 1.54) is 27.8 Å². The first kappa shape index (κ1) is 19.0. The van der Waals surface area contributed by atoms with E-state index < -0.39 is 15.4 Å². The van der Waals surface area contributed by atoms with Gasteiger partial charge in [-0.3, -0.25) is 4.79 Å². The van der Waals surface area contributed by atoms with Crippen LogP contribution in [0.2, 0.25) is 0 Å². The first-order valence-electron chi connectivity index (χ1n) is 8.38. The summed E-state index contributed by atoms with van der Waals surface area (Å²) < 4.78 is 40.1. The maximum Gasteiger partial charge on any atom is 0.252 e. The number of sulfonamides is 1. The summed E-state index contributed by atoms with van der Waals surface area (Å²) in [5.74, 6) is -0.512. The fraction of sp³-hybridized carbons (Fsp3) is 0.389. The number of amides is 1. The third-order valence-corrected chi connectivity index (χ3v) is 7.88. The van der Waals surface area contributed by atoms with Gasteiger partial charge in [0, 0.05) is 19.6 Å². The zero-order valence-electron chi connectivity index (χ0n) is 14.4. The van der Waals surface area contributed by atoms with Crippen LogP contribution in [0.3, 0.4) is 0 Å². The highest BCUT2D eigenvalue weighted by Crippen LogP contribution is 2.33. The van der Waals surface area contributed by atoms with Crippen molar-refractivity contribution in [1.82, 2.24) is 9.62 Å². The van der Waals surface area contributed by atoms with E-state index in [1.807, 2.05) is 0 Å². The molecule has 2 heterocycles. The van der Waals surface area contributed by atoms with Gasteiger partial charge in [-0.15, -0.1) is 11.3 Å². The summed E-state index contributed by atoms with van der Waals surface area (Å²) in [6.45, 7) is 2.65. The molecule has 5 nitrogen and oxygen atoms in total. The van der Waals surface area contributed by atoms with Crippen LogP contribution in [0.25, 0.3) is 0 Å². The van der Waals surface area contributed by atoms with Crippen LogP contribution in [-0.4, -0.2) is 31.7 Å². The molecule has 140 valence electrons. The van der Waals surface area contributed by atoms with Gasteiger partial charge in [0.1, 0.15) is 10.0 Å². The molecule has 1 aliphatic rings. The van der Waals surface area contributed by atoms with Crippen molar-refractivity contribution in [2.45, 2.75) is 30.5 Å². The Morgan fingerprint density at radius 3 is 2.69 bits per heavy atom. The standard InChI is InChI=1S/C18H21FN2O3S2/c1-18(17(22)20-12-14-5-7-15(19)8-6-14)9-3-10-21(13-18)26(23,24)16-4-2-11-25-16/h2,4-8,11H,3,9-10,12-13H2,1H3,(H,20,22)/t18-/m0/s1. The summed E-state index contributed by atoms with van der Waals surface area (Å²) in [5, 5.41) is 4.58. The molecule has 0 bridgehead atoms. The molecule has 2 aromatic rings. The van der Waals surface area contributed by atoms with Crippen LogP contribution < -0.4 is 5.32 Å². The summed E-state index contributed by atoms with van der Waals surface area (Å²) >= 11 is 1.18. The number of thiophene rings is 1. The number of nitrogens with zero attached hydrogens (tertiary/aromatic N) is 1.